The van der Waals surface area contributed by atoms with Crippen LogP contribution in [0.1, 0.15) is 5.56 Å². The fourth-order valence-electron chi connectivity index (χ4n) is 2.87. The van der Waals surface area contributed by atoms with Crippen molar-refractivity contribution in [3.05, 3.63) is 70.6 Å². The summed E-state index contributed by atoms with van der Waals surface area (Å²) < 4.78 is 65.3. The SMILES string of the molecule is O=c1c2ncc3ccccc3c2[nH]n1-c1ccc(C(F)(F)C(F)(F)F)cc1. The lowest BCUT2D eigenvalue weighted by Crippen LogP contribution is -2.33. The summed E-state index contributed by atoms with van der Waals surface area (Å²) in [6.45, 7) is 0. The number of hydrogen-bond acceptors (Lipinski definition) is 2. The maximum Gasteiger partial charge on any atom is 0.458 e. The molecule has 0 atom stereocenters. The Hall–Kier alpha value is -3.23. The number of hydrogen-bond donors (Lipinski definition) is 1. The third kappa shape index (κ3) is 2.57. The normalized spacial score (nSPS) is 12.8. The summed E-state index contributed by atoms with van der Waals surface area (Å²) in [6, 6.07) is 10.5. The Labute approximate surface area is 147 Å². The summed E-state index contributed by atoms with van der Waals surface area (Å²) in [5.41, 5.74) is -1.04. The molecule has 1 N–H and O–H groups in total. The van der Waals surface area contributed by atoms with Crippen LogP contribution in [0.25, 0.3) is 27.5 Å². The van der Waals surface area contributed by atoms with Crippen molar-refractivity contribution in [1.82, 2.24) is 14.8 Å². The molecule has 2 aromatic heterocycles. The number of aromatic amines is 1. The first-order chi connectivity index (χ1) is 12.7. The quantitative estimate of drug-likeness (QED) is 0.521. The van der Waals surface area contributed by atoms with Gasteiger partial charge >= 0.3 is 12.1 Å². The Kier molecular flexibility index (Phi) is 3.59. The number of benzene rings is 2. The molecule has 0 aliphatic rings. The first-order valence-corrected chi connectivity index (χ1v) is 7.74. The van der Waals surface area contributed by atoms with Crippen LogP contribution in [-0.2, 0) is 5.92 Å². The summed E-state index contributed by atoms with van der Waals surface area (Å²) in [4.78, 5) is 16.7. The first-order valence-electron chi connectivity index (χ1n) is 7.74. The van der Waals surface area contributed by atoms with E-state index in [1.807, 2.05) is 12.1 Å². The molecule has 0 saturated heterocycles. The number of nitrogens with zero attached hydrogens (tertiary/aromatic N) is 2. The van der Waals surface area contributed by atoms with Crippen LogP contribution >= 0.6 is 0 Å². The van der Waals surface area contributed by atoms with Crippen LogP contribution in [0.4, 0.5) is 22.0 Å². The largest absolute Gasteiger partial charge is 0.458 e. The van der Waals surface area contributed by atoms with Crippen LogP contribution in [0.5, 0.6) is 0 Å². The van der Waals surface area contributed by atoms with Crippen molar-refractivity contribution in [1.29, 1.82) is 0 Å². The predicted molar refractivity (Wildman–Crippen MR) is 89.1 cm³/mol. The van der Waals surface area contributed by atoms with Crippen molar-refractivity contribution in [2.75, 3.05) is 0 Å². The van der Waals surface area contributed by atoms with Gasteiger partial charge in [-0.05, 0) is 12.1 Å². The Morgan fingerprint density at radius 3 is 2.26 bits per heavy atom. The van der Waals surface area contributed by atoms with E-state index in [0.717, 1.165) is 27.6 Å². The lowest BCUT2D eigenvalue weighted by atomic mass is 10.1. The van der Waals surface area contributed by atoms with Gasteiger partial charge in [-0.25, -0.2) is 9.67 Å². The molecule has 0 fully saturated rings. The number of alkyl halides is 5. The molecule has 0 saturated carbocycles. The average molecular weight is 379 g/mol. The van der Waals surface area contributed by atoms with Gasteiger partial charge in [0.05, 0.1) is 11.2 Å². The zero-order valence-corrected chi connectivity index (χ0v) is 13.4. The smallest absolute Gasteiger partial charge is 0.288 e. The van der Waals surface area contributed by atoms with E-state index in [9.17, 15) is 26.7 Å². The zero-order valence-electron chi connectivity index (χ0n) is 13.4. The van der Waals surface area contributed by atoms with Crippen LogP contribution < -0.4 is 5.56 Å². The molecule has 0 aliphatic carbocycles. The molecule has 0 radical (unpaired) electrons. The van der Waals surface area contributed by atoms with Gasteiger partial charge in [-0.2, -0.15) is 22.0 Å². The van der Waals surface area contributed by atoms with E-state index in [0.29, 0.717) is 17.6 Å². The Morgan fingerprint density at radius 1 is 0.926 bits per heavy atom. The van der Waals surface area contributed by atoms with Crippen molar-refractivity contribution < 1.29 is 22.0 Å². The van der Waals surface area contributed by atoms with Gasteiger partial charge in [-0.15, -0.1) is 0 Å². The molecular weight excluding hydrogens is 369 g/mol. The molecule has 9 heteroatoms. The van der Waals surface area contributed by atoms with E-state index in [2.05, 4.69) is 10.1 Å². The van der Waals surface area contributed by atoms with Gasteiger partial charge in [-0.1, -0.05) is 36.4 Å². The number of pyridine rings is 1. The first kappa shape index (κ1) is 17.2. The number of halogens is 5. The highest BCUT2D eigenvalue weighted by atomic mass is 19.4. The summed E-state index contributed by atoms with van der Waals surface area (Å²) in [6.07, 6.45) is -4.17. The van der Waals surface area contributed by atoms with Crippen molar-refractivity contribution >= 4 is 21.8 Å². The Balaban J connectivity index is 1.85. The highest BCUT2D eigenvalue weighted by molar-refractivity contribution is 6.02. The van der Waals surface area contributed by atoms with E-state index < -0.39 is 23.2 Å². The fraction of sp³-hybridized carbons (Fsp3) is 0.111. The summed E-state index contributed by atoms with van der Waals surface area (Å²) in [5, 5.41) is 4.37. The highest BCUT2D eigenvalue weighted by Gasteiger charge is 2.58. The van der Waals surface area contributed by atoms with Crippen LogP contribution in [0.15, 0.2) is 59.5 Å². The third-order valence-electron chi connectivity index (χ3n) is 4.27. The highest BCUT2D eigenvalue weighted by Crippen LogP contribution is 2.43. The van der Waals surface area contributed by atoms with Crippen molar-refractivity contribution in [3.63, 3.8) is 0 Å². The summed E-state index contributed by atoms with van der Waals surface area (Å²) >= 11 is 0. The molecule has 4 nitrogen and oxygen atoms in total. The predicted octanol–water partition coefficient (Wildman–Crippen LogP) is 4.52. The number of fused-ring (bicyclic) bond motifs is 3. The summed E-state index contributed by atoms with van der Waals surface area (Å²) in [5.74, 6) is -4.98. The molecule has 0 amide bonds. The number of nitrogens with one attached hydrogen (secondary N) is 1. The standard InChI is InChI=1S/C18H10F5N3O/c19-17(20,18(21,22)23)11-5-7-12(8-6-11)26-16(27)15-14(25-26)13-4-2-1-3-10(13)9-24-15/h1-9,25H. The lowest BCUT2D eigenvalue weighted by molar-refractivity contribution is -0.289. The molecule has 0 bridgehead atoms. The molecule has 2 aromatic carbocycles. The molecule has 4 rings (SSSR count). The van der Waals surface area contributed by atoms with E-state index >= 15 is 0 Å². The van der Waals surface area contributed by atoms with Crippen LogP contribution in [0.2, 0.25) is 0 Å². The van der Waals surface area contributed by atoms with E-state index in [4.69, 9.17) is 0 Å². The van der Waals surface area contributed by atoms with Crippen LogP contribution in [-0.4, -0.2) is 20.9 Å². The average Bonchev–Trinajstić information content (AvgIpc) is 2.98. The van der Waals surface area contributed by atoms with E-state index in [-0.39, 0.29) is 11.2 Å². The fourth-order valence-corrected chi connectivity index (χ4v) is 2.87. The molecule has 0 aliphatic heterocycles. The molecule has 4 aromatic rings. The van der Waals surface area contributed by atoms with Gasteiger partial charge in [0.2, 0.25) is 0 Å². The van der Waals surface area contributed by atoms with Crippen molar-refractivity contribution in [3.8, 4) is 5.69 Å². The van der Waals surface area contributed by atoms with Crippen molar-refractivity contribution in [2.24, 2.45) is 0 Å². The van der Waals surface area contributed by atoms with E-state index in [1.54, 1.807) is 12.1 Å². The van der Waals surface area contributed by atoms with Gasteiger partial charge in [-0.3, -0.25) is 9.89 Å². The second-order valence-corrected chi connectivity index (χ2v) is 5.94. The minimum absolute atomic E-state index is 0.115. The maximum absolute atomic E-state index is 13.4. The topological polar surface area (TPSA) is 50.7 Å². The van der Waals surface area contributed by atoms with E-state index in [1.165, 1.54) is 6.20 Å². The number of rotatable bonds is 2. The lowest BCUT2D eigenvalue weighted by Gasteiger charge is -2.19. The Morgan fingerprint density at radius 2 is 1.59 bits per heavy atom. The summed E-state index contributed by atoms with van der Waals surface area (Å²) in [7, 11) is 0. The molecular formula is C18H10F5N3O. The number of H-pyrrole nitrogens is 1. The van der Waals surface area contributed by atoms with Gasteiger partial charge < -0.3 is 0 Å². The van der Waals surface area contributed by atoms with Crippen LogP contribution in [0, 0.1) is 0 Å². The third-order valence-corrected chi connectivity index (χ3v) is 4.27. The van der Waals surface area contributed by atoms with Crippen molar-refractivity contribution in [2.45, 2.75) is 12.1 Å². The second-order valence-electron chi connectivity index (χ2n) is 5.94. The van der Waals surface area contributed by atoms with Gasteiger partial charge in [0.25, 0.3) is 5.56 Å². The van der Waals surface area contributed by atoms with Gasteiger partial charge in [0, 0.05) is 22.5 Å². The molecule has 138 valence electrons. The molecule has 0 unspecified atom stereocenters. The second kappa shape index (κ2) is 5.63. The monoisotopic (exact) mass is 379 g/mol. The van der Waals surface area contributed by atoms with Gasteiger partial charge in [0.15, 0.2) is 5.52 Å². The number of aromatic nitrogens is 3. The van der Waals surface area contributed by atoms with Crippen LogP contribution in [0.3, 0.4) is 0 Å². The minimum atomic E-state index is -5.70. The molecule has 27 heavy (non-hydrogen) atoms. The molecule has 0 spiro atoms. The zero-order chi connectivity index (χ0) is 19.4. The Bertz CT molecular complexity index is 1210. The van der Waals surface area contributed by atoms with Gasteiger partial charge in [0.1, 0.15) is 0 Å². The minimum Gasteiger partial charge on any atom is -0.288 e. The maximum atomic E-state index is 13.4. The molecule has 2 heterocycles.